The maximum Gasteiger partial charge on any atom is 0.207 e. The number of halogens is 1. The highest BCUT2D eigenvalue weighted by atomic mass is 19.1. The molecule has 3 aromatic rings. The van der Waals surface area contributed by atoms with Gasteiger partial charge in [0.2, 0.25) is 5.95 Å². The van der Waals surface area contributed by atoms with Crippen LogP contribution in [-0.2, 0) is 6.67 Å². The molecule has 0 bridgehead atoms. The van der Waals surface area contributed by atoms with E-state index < -0.39 is 6.67 Å². The molecule has 96 valence electrons. The van der Waals surface area contributed by atoms with E-state index in [2.05, 4.69) is 20.2 Å². The van der Waals surface area contributed by atoms with E-state index in [1.54, 1.807) is 35.9 Å². The van der Waals surface area contributed by atoms with Gasteiger partial charge in [-0.05, 0) is 18.6 Å². The Balaban J connectivity index is 2.31. The quantitative estimate of drug-likeness (QED) is 0.754. The first-order valence-electron chi connectivity index (χ1n) is 5.69. The molecule has 3 aromatic heterocycles. The smallest absolute Gasteiger partial charge is 0.207 e. The van der Waals surface area contributed by atoms with Gasteiger partial charge in [0, 0.05) is 24.0 Å². The average molecular weight is 258 g/mol. The molecule has 0 aliphatic rings. The van der Waals surface area contributed by atoms with Gasteiger partial charge in [-0.15, -0.1) is 10.2 Å². The highest BCUT2D eigenvalue weighted by molar-refractivity contribution is 5.65. The molecule has 6 nitrogen and oxygen atoms in total. The third kappa shape index (κ3) is 1.70. The van der Waals surface area contributed by atoms with Crippen LogP contribution in [0.25, 0.3) is 17.0 Å². The van der Waals surface area contributed by atoms with Crippen LogP contribution in [0.3, 0.4) is 0 Å². The number of nitrogens with two attached hydrogens (primary N) is 1. The molecule has 3 rings (SSSR count). The minimum atomic E-state index is -0.621. The third-order valence-corrected chi connectivity index (χ3v) is 3.02. The lowest BCUT2D eigenvalue weighted by molar-refractivity contribution is 0.474. The first kappa shape index (κ1) is 11.5. The Bertz CT molecular complexity index is 751. The second-order valence-electron chi connectivity index (χ2n) is 4.08. The van der Waals surface area contributed by atoms with Crippen LogP contribution < -0.4 is 5.73 Å². The number of hydrogen-bond donors (Lipinski definition) is 1. The van der Waals surface area contributed by atoms with Crippen molar-refractivity contribution in [3.05, 3.63) is 35.8 Å². The Morgan fingerprint density at radius 1 is 1.21 bits per heavy atom. The summed E-state index contributed by atoms with van der Waals surface area (Å²) in [6, 6.07) is 3.47. The predicted molar refractivity (Wildman–Crippen MR) is 68.0 cm³/mol. The van der Waals surface area contributed by atoms with Gasteiger partial charge in [-0.2, -0.15) is 0 Å². The van der Waals surface area contributed by atoms with Gasteiger partial charge in [0.25, 0.3) is 0 Å². The summed E-state index contributed by atoms with van der Waals surface area (Å²) < 4.78 is 14.5. The van der Waals surface area contributed by atoms with Crippen LogP contribution in [0.1, 0.15) is 11.3 Å². The Morgan fingerprint density at radius 3 is 2.79 bits per heavy atom. The van der Waals surface area contributed by atoms with Gasteiger partial charge in [-0.3, -0.25) is 4.98 Å². The zero-order chi connectivity index (χ0) is 13.4. The van der Waals surface area contributed by atoms with Gasteiger partial charge in [-0.25, -0.2) is 13.8 Å². The monoisotopic (exact) mass is 258 g/mol. The van der Waals surface area contributed by atoms with E-state index in [4.69, 9.17) is 5.73 Å². The number of alkyl halides is 1. The molecule has 3 heterocycles. The summed E-state index contributed by atoms with van der Waals surface area (Å²) >= 11 is 0. The minimum absolute atomic E-state index is 0.288. The van der Waals surface area contributed by atoms with E-state index in [1.165, 1.54) is 0 Å². The molecule has 0 unspecified atom stereocenters. The lowest BCUT2D eigenvalue weighted by Gasteiger charge is -2.07. The summed E-state index contributed by atoms with van der Waals surface area (Å²) in [6.07, 6.45) is 3.11. The average Bonchev–Trinajstić information content (AvgIpc) is 2.84. The van der Waals surface area contributed by atoms with Crippen LogP contribution in [0.15, 0.2) is 24.5 Å². The van der Waals surface area contributed by atoms with Gasteiger partial charge in [0.15, 0.2) is 11.5 Å². The lowest BCUT2D eigenvalue weighted by Crippen LogP contribution is -2.03. The van der Waals surface area contributed by atoms with E-state index in [9.17, 15) is 4.39 Å². The van der Waals surface area contributed by atoms with Crippen molar-refractivity contribution in [3.8, 4) is 11.4 Å². The molecule has 0 saturated carbocycles. The summed E-state index contributed by atoms with van der Waals surface area (Å²) in [4.78, 5) is 8.00. The van der Waals surface area contributed by atoms with Crippen molar-refractivity contribution in [2.75, 3.05) is 5.73 Å². The molecule has 0 spiro atoms. The van der Waals surface area contributed by atoms with Crippen LogP contribution in [0.5, 0.6) is 0 Å². The van der Waals surface area contributed by atoms with E-state index >= 15 is 0 Å². The fourth-order valence-electron chi connectivity index (χ4n) is 2.00. The zero-order valence-electron chi connectivity index (χ0n) is 10.2. The topological polar surface area (TPSA) is 82.0 Å². The summed E-state index contributed by atoms with van der Waals surface area (Å²) in [6.45, 7) is 1.18. The van der Waals surface area contributed by atoms with Crippen LogP contribution in [0.2, 0.25) is 0 Å². The molecule has 0 fully saturated rings. The molecule has 19 heavy (non-hydrogen) atoms. The second kappa shape index (κ2) is 4.27. The fourth-order valence-corrected chi connectivity index (χ4v) is 2.00. The van der Waals surface area contributed by atoms with Crippen molar-refractivity contribution in [3.63, 3.8) is 0 Å². The number of hydrogen-bond acceptors (Lipinski definition) is 5. The number of rotatable bonds is 2. The van der Waals surface area contributed by atoms with E-state index in [1.807, 2.05) is 0 Å². The number of aromatic nitrogens is 5. The van der Waals surface area contributed by atoms with Gasteiger partial charge >= 0.3 is 0 Å². The normalized spacial score (nSPS) is 11.1. The maximum absolute atomic E-state index is 12.9. The van der Waals surface area contributed by atoms with Crippen LogP contribution >= 0.6 is 0 Å². The van der Waals surface area contributed by atoms with Gasteiger partial charge in [0.1, 0.15) is 6.67 Å². The fraction of sp³-hybridized carbons (Fsp3) is 0.167. The highest BCUT2D eigenvalue weighted by Crippen LogP contribution is 2.25. The Kier molecular flexibility index (Phi) is 2.59. The minimum Gasteiger partial charge on any atom is -0.369 e. The zero-order valence-corrected chi connectivity index (χ0v) is 10.2. The SMILES string of the molecule is Cc1c(-c2nnc3ccnc(N)n23)ccnc1CF. The van der Waals surface area contributed by atoms with Crippen LogP contribution in [0, 0.1) is 6.92 Å². The Morgan fingerprint density at radius 2 is 2.00 bits per heavy atom. The van der Waals surface area contributed by atoms with Crippen LogP contribution in [0.4, 0.5) is 10.3 Å². The molecule has 0 saturated heterocycles. The number of anilines is 1. The molecule has 7 heteroatoms. The summed E-state index contributed by atoms with van der Waals surface area (Å²) in [5, 5.41) is 8.14. The molecular weight excluding hydrogens is 247 g/mol. The highest BCUT2D eigenvalue weighted by Gasteiger charge is 2.14. The number of pyridine rings is 1. The number of nitrogen functional groups attached to an aromatic ring is 1. The van der Waals surface area contributed by atoms with Crippen molar-refractivity contribution in [2.45, 2.75) is 13.6 Å². The second-order valence-corrected chi connectivity index (χ2v) is 4.08. The van der Waals surface area contributed by atoms with Crippen molar-refractivity contribution in [1.82, 2.24) is 24.6 Å². The number of nitrogens with zero attached hydrogens (tertiary/aromatic N) is 5. The molecular formula is C12H11FN6. The molecule has 2 N–H and O–H groups in total. The van der Waals surface area contributed by atoms with Crippen molar-refractivity contribution in [1.29, 1.82) is 0 Å². The molecule has 0 radical (unpaired) electrons. The molecule has 0 aromatic carbocycles. The molecule has 0 amide bonds. The third-order valence-electron chi connectivity index (χ3n) is 3.02. The van der Waals surface area contributed by atoms with Crippen LogP contribution in [-0.4, -0.2) is 24.6 Å². The predicted octanol–water partition coefficient (Wildman–Crippen LogP) is 1.55. The number of fused-ring (bicyclic) bond motifs is 1. The largest absolute Gasteiger partial charge is 0.369 e. The Hall–Kier alpha value is -2.57. The Labute approximate surface area is 108 Å². The first-order valence-corrected chi connectivity index (χ1v) is 5.69. The van der Waals surface area contributed by atoms with Crippen molar-refractivity contribution < 1.29 is 4.39 Å². The summed E-state index contributed by atoms with van der Waals surface area (Å²) in [5.41, 5.74) is 8.29. The van der Waals surface area contributed by atoms with Crippen molar-refractivity contribution in [2.24, 2.45) is 0 Å². The first-order chi connectivity index (χ1) is 9.22. The molecule has 0 aliphatic carbocycles. The standard InChI is InChI=1S/C12H11FN6/c1-7-8(2-4-15-9(7)6-13)11-18-17-10-3-5-16-12(14)19(10)11/h2-5H,6H2,1H3,(H2,14,16). The van der Waals surface area contributed by atoms with E-state index in [0.717, 1.165) is 11.1 Å². The lowest BCUT2D eigenvalue weighted by atomic mass is 10.1. The van der Waals surface area contributed by atoms with Crippen molar-refractivity contribution >= 4 is 11.6 Å². The maximum atomic E-state index is 12.9. The molecule has 0 atom stereocenters. The van der Waals surface area contributed by atoms with Gasteiger partial charge in [-0.1, -0.05) is 0 Å². The molecule has 0 aliphatic heterocycles. The summed E-state index contributed by atoms with van der Waals surface area (Å²) in [5.74, 6) is 0.825. The summed E-state index contributed by atoms with van der Waals surface area (Å²) in [7, 11) is 0. The van der Waals surface area contributed by atoms with E-state index in [-0.39, 0.29) is 5.95 Å². The van der Waals surface area contributed by atoms with Gasteiger partial charge < -0.3 is 5.73 Å². The van der Waals surface area contributed by atoms with Gasteiger partial charge in [0.05, 0.1) is 5.69 Å². The van der Waals surface area contributed by atoms with E-state index in [0.29, 0.717) is 17.2 Å².